The van der Waals surface area contributed by atoms with Gasteiger partial charge in [0, 0.05) is 17.1 Å². The molecule has 1 aliphatic rings. The van der Waals surface area contributed by atoms with Crippen LogP contribution in [-0.2, 0) is 0 Å². The Morgan fingerprint density at radius 3 is 2.67 bits per heavy atom. The Morgan fingerprint density at radius 2 is 1.95 bits per heavy atom. The van der Waals surface area contributed by atoms with Crippen molar-refractivity contribution in [1.82, 2.24) is 4.98 Å². The van der Waals surface area contributed by atoms with E-state index in [1.54, 1.807) is 6.20 Å². The molecule has 0 radical (unpaired) electrons. The van der Waals surface area contributed by atoms with Crippen molar-refractivity contribution in [3.05, 3.63) is 24.4 Å². The van der Waals surface area contributed by atoms with Crippen molar-refractivity contribution in [2.75, 3.05) is 13.4 Å². The van der Waals surface area contributed by atoms with E-state index < -0.39 is 0 Å². The number of rotatable bonds is 5. The molecule has 21 heavy (non-hydrogen) atoms. The topological polar surface area (TPSA) is 66.6 Å². The number of hydrogen-bond donors (Lipinski definition) is 1. The molecule has 1 aromatic heterocycles. The molecule has 0 bridgehead atoms. The number of ether oxygens (including phenoxy) is 3. The van der Waals surface area contributed by atoms with Crippen LogP contribution in [0.3, 0.4) is 0 Å². The molecule has 0 saturated carbocycles. The molecule has 5 heteroatoms. The van der Waals surface area contributed by atoms with Crippen LogP contribution in [0.5, 0.6) is 17.4 Å². The second-order valence-corrected chi connectivity index (χ2v) is 5.40. The van der Waals surface area contributed by atoms with Gasteiger partial charge in [-0.1, -0.05) is 13.8 Å². The van der Waals surface area contributed by atoms with Crippen molar-refractivity contribution in [2.24, 2.45) is 5.73 Å². The van der Waals surface area contributed by atoms with E-state index in [0.717, 1.165) is 35.1 Å². The fraction of sp³-hybridized carbons (Fsp3) is 0.438. The molecule has 0 saturated heterocycles. The summed E-state index contributed by atoms with van der Waals surface area (Å²) in [6, 6.07) is 5.79. The first-order valence-corrected chi connectivity index (χ1v) is 7.25. The Balaban J connectivity index is 1.92. The summed E-state index contributed by atoms with van der Waals surface area (Å²) in [7, 11) is 0. The third-order valence-electron chi connectivity index (χ3n) is 4.13. The second-order valence-electron chi connectivity index (χ2n) is 5.40. The Labute approximate surface area is 124 Å². The first-order chi connectivity index (χ1) is 10.1. The maximum atomic E-state index is 6.28. The summed E-state index contributed by atoms with van der Waals surface area (Å²) in [4.78, 5) is 4.33. The molecule has 2 N–H and O–H groups in total. The van der Waals surface area contributed by atoms with Gasteiger partial charge in [0.1, 0.15) is 6.61 Å². The lowest BCUT2D eigenvalue weighted by Crippen LogP contribution is -2.44. The first-order valence-electron chi connectivity index (χ1n) is 7.25. The van der Waals surface area contributed by atoms with Gasteiger partial charge >= 0.3 is 0 Å². The van der Waals surface area contributed by atoms with E-state index in [1.165, 1.54) is 0 Å². The normalized spacial score (nSPS) is 13.7. The summed E-state index contributed by atoms with van der Waals surface area (Å²) < 4.78 is 16.7. The molecule has 0 unspecified atom stereocenters. The monoisotopic (exact) mass is 288 g/mol. The van der Waals surface area contributed by atoms with Gasteiger partial charge in [-0.05, 0) is 36.4 Å². The van der Waals surface area contributed by atoms with Gasteiger partial charge in [-0.2, -0.15) is 0 Å². The summed E-state index contributed by atoms with van der Waals surface area (Å²) in [6.07, 6.45) is 3.46. The maximum absolute atomic E-state index is 6.28. The van der Waals surface area contributed by atoms with E-state index in [0.29, 0.717) is 12.5 Å². The fourth-order valence-electron chi connectivity index (χ4n) is 2.32. The average molecular weight is 288 g/mol. The summed E-state index contributed by atoms with van der Waals surface area (Å²) in [5, 5.41) is 1.93. The smallest absolute Gasteiger partial charge is 0.231 e. The molecule has 0 spiro atoms. The van der Waals surface area contributed by atoms with E-state index in [9.17, 15) is 0 Å². The molecule has 1 aliphatic heterocycles. The Kier molecular flexibility index (Phi) is 3.59. The largest absolute Gasteiger partial charge is 0.475 e. The molecule has 2 heterocycles. The Bertz CT molecular complexity index is 653. The quantitative estimate of drug-likeness (QED) is 0.916. The highest BCUT2D eigenvalue weighted by Gasteiger charge is 2.22. The van der Waals surface area contributed by atoms with Crippen LogP contribution in [0.25, 0.3) is 10.8 Å². The fourth-order valence-corrected chi connectivity index (χ4v) is 2.32. The lowest BCUT2D eigenvalue weighted by atomic mass is 9.96. The number of nitrogens with two attached hydrogens (primary N) is 1. The van der Waals surface area contributed by atoms with Crippen molar-refractivity contribution in [3.8, 4) is 17.4 Å². The minimum absolute atomic E-state index is 0.257. The highest BCUT2D eigenvalue weighted by Crippen LogP contribution is 2.38. The minimum Gasteiger partial charge on any atom is -0.475 e. The molecule has 2 aromatic rings. The van der Waals surface area contributed by atoms with Crippen LogP contribution >= 0.6 is 0 Å². The molecular formula is C16H20N2O3. The second kappa shape index (κ2) is 5.41. The van der Waals surface area contributed by atoms with Crippen molar-refractivity contribution >= 4 is 10.8 Å². The molecular weight excluding hydrogens is 268 g/mol. The number of pyridine rings is 1. The predicted molar refractivity (Wildman–Crippen MR) is 80.9 cm³/mol. The highest BCUT2D eigenvalue weighted by atomic mass is 16.7. The molecule has 5 nitrogen and oxygen atoms in total. The summed E-state index contributed by atoms with van der Waals surface area (Å²) in [5.41, 5.74) is 5.96. The van der Waals surface area contributed by atoms with E-state index in [-0.39, 0.29) is 12.3 Å². The van der Waals surface area contributed by atoms with Crippen LogP contribution in [0.4, 0.5) is 0 Å². The maximum Gasteiger partial charge on any atom is 0.231 e. The van der Waals surface area contributed by atoms with Gasteiger partial charge < -0.3 is 19.9 Å². The number of benzene rings is 1. The summed E-state index contributed by atoms with van der Waals surface area (Å²) in [6.45, 7) is 4.84. The van der Waals surface area contributed by atoms with Crippen LogP contribution in [-0.4, -0.2) is 23.9 Å². The molecule has 1 aromatic carbocycles. The van der Waals surface area contributed by atoms with E-state index in [1.807, 2.05) is 18.2 Å². The highest BCUT2D eigenvalue weighted by molar-refractivity contribution is 5.90. The summed E-state index contributed by atoms with van der Waals surface area (Å²) in [5.74, 6) is 2.07. The van der Waals surface area contributed by atoms with Gasteiger partial charge in [-0.25, -0.2) is 4.98 Å². The zero-order chi connectivity index (χ0) is 14.9. The van der Waals surface area contributed by atoms with Gasteiger partial charge in [0.05, 0.1) is 0 Å². The molecule has 112 valence electrons. The van der Waals surface area contributed by atoms with Crippen LogP contribution in [0.2, 0.25) is 0 Å². The number of fused-ring (bicyclic) bond motifs is 2. The molecule has 0 amide bonds. The van der Waals surface area contributed by atoms with Gasteiger partial charge in [-0.15, -0.1) is 0 Å². The van der Waals surface area contributed by atoms with Crippen LogP contribution < -0.4 is 19.9 Å². The Morgan fingerprint density at radius 1 is 1.24 bits per heavy atom. The van der Waals surface area contributed by atoms with Gasteiger partial charge in [-0.3, -0.25) is 0 Å². The number of aromatic nitrogens is 1. The lowest BCUT2D eigenvalue weighted by molar-refractivity contribution is 0.174. The van der Waals surface area contributed by atoms with E-state index in [2.05, 4.69) is 18.8 Å². The van der Waals surface area contributed by atoms with Crippen LogP contribution in [0.1, 0.15) is 26.7 Å². The summed E-state index contributed by atoms with van der Waals surface area (Å²) >= 11 is 0. The molecule has 3 rings (SSSR count). The van der Waals surface area contributed by atoms with Crippen LogP contribution in [0, 0.1) is 0 Å². The van der Waals surface area contributed by atoms with E-state index in [4.69, 9.17) is 19.9 Å². The molecule has 0 aliphatic carbocycles. The average Bonchev–Trinajstić information content (AvgIpc) is 2.97. The SMILES string of the molecule is CCC(N)(CC)COc1nccc2cc3c(cc12)OCO3. The van der Waals surface area contributed by atoms with Crippen molar-refractivity contribution in [2.45, 2.75) is 32.2 Å². The predicted octanol–water partition coefficient (Wildman–Crippen LogP) is 2.86. The van der Waals surface area contributed by atoms with E-state index >= 15 is 0 Å². The lowest BCUT2D eigenvalue weighted by Gasteiger charge is -2.26. The zero-order valence-corrected chi connectivity index (χ0v) is 12.4. The van der Waals surface area contributed by atoms with Gasteiger partial charge in [0.25, 0.3) is 0 Å². The number of nitrogens with zero attached hydrogens (tertiary/aromatic N) is 1. The minimum atomic E-state index is -0.319. The first kappa shape index (κ1) is 13.9. The molecule has 0 fully saturated rings. The Hall–Kier alpha value is -2.01. The standard InChI is InChI=1S/C16H20N2O3/c1-3-16(17,4-2)9-19-15-12-8-14-13(20-10-21-14)7-11(12)5-6-18-15/h5-8H,3-4,9-10,17H2,1-2H3. The third kappa shape index (κ3) is 2.61. The number of hydrogen-bond acceptors (Lipinski definition) is 5. The third-order valence-corrected chi connectivity index (χ3v) is 4.13. The molecule has 0 atom stereocenters. The van der Waals surface area contributed by atoms with Gasteiger partial charge in [0.15, 0.2) is 11.5 Å². The van der Waals surface area contributed by atoms with Crippen molar-refractivity contribution in [1.29, 1.82) is 0 Å². The van der Waals surface area contributed by atoms with Crippen molar-refractivity contribution < 1.29 is 14.2 Å². The van der Waals surface area contributed by atoms with Crippen molar-refractivity contribution in [3.63, 3.8) is 0 Å². The van der Waals surface area contributed by atoms with Crippen LogP contribution in [0.15, 0.2) is 24.4 Å². The van der Waals surface area contributed by atoms with Gasteiger partial charge in [0.2, 0.25) is 12.7 Å². The zero-order valence-electron chi connectivity index (χ0n) is 12.4.